The molecule has 0 saturated carbocycles. The van der Waals surface area contributed by atoms with Gasteiger partial charge in [0.1, 0.15) is 0 Å². The van der Waals surface area contributed by atoms with Gasteiger partial charge >= 0.3 is 0 Å². The Labute approximate surface area is 80.3 Å². The maximum Gasteiger partial charge on any atom is 0.0294 e. The normalized spacial score (nSPS) is 12.4. The van der Waals surface area contributed by atoms with Gasteiger partial charge in [0.15, 0.2) is 0 Å². The maximum atomic E-state index is 6.00. The second-order valence-corrected chi connectivity index (χ2v) is 3.24. The highest BCUT2D eigenvalue weighted by molar-refractivity contribution is 5.18. The fraction of sp³-hybridized carbons (Fsp3) is 0.333. The first-order chi connectivity index (χ1) is 6.34. The van der Waals surface area contributed by atoms with Crippen molar-refractivity contribution < 1.29 is 0 Å². The van der Waals surface area contributed by atoms with Crippen LogP contribution in [0.5, 0.6) is 0 Å². The Bertz CT molecular complexity index is 241. The Balaban J connectivity index is 2.39. The van der Waals surface area contributed by atoms with Gasteiger partial charge in [0.05, 0.1) is 0 Å². The summed E-state index contributed by atoms with van der Waals surface area (Å²) in [5.41, 5.74) is 7.23. The molecule has 0 aliphatic rings. The van der Waals surface area contributed by atoms with Crippen molar-refractivity contribution in [2.75, 3.05) is 0 Å². The Morgan fingerprint density at radius 1 is 1.31 bits per heavy atom. The van der Waals surface area contributed by atoms with E-state index in [2.05, 4.69) is 18.7 Å². The summed E-state index contributed by atoms with van der Waals surface area (Å²) in [6.07, 6.45) is 5.16. The molecule has 0 unspecified atom stereocenters. The number of allylic oxidation sites excluding steroid dienone is 1. The zero-order chi connectivity index (χ0) is 9.52. The first-order valence-corrected chi connectivity index (χ1v) is 4.76. The highest BCUT2D eigenvalue weighted by Gasteiger charge is 2.02. The lowest BCUT2D eigenvalue weighted by Gasteiger charge is -2.10. The van der Waals surface area contributed by atoms with Crippen molar-refractivity contribution in [2.45, 2.75) is 25.3 Å². The van der Waals surface area contributed by atoms with Gasteiger partial charge in [-0.25, -0.2) is 0 Å². The van der Waals surface area contributed by atoms with E-state index in [1.54, 1.807) is 0 Å². The van der Waals surface area contributed by atoms with Crippen LogP contribution in [-0.2, 0) is 0 Å². The van der Waals surface area contributed by atoms with Gasteiger partial charge in [-0.1, -0.05) is 36.4 Å². The topological polar surface area (TPSA) is 26.0 Å². The Hall–Kier alpha value is -1.08. The van der Waals surface area contributed by atoms with Crippen LogP contribution in [-0.4, -0.2) is 0 Å². The third-order valence-electron chi connectivity index (χ3n) is 2.15. The Morgan fingerprint density at radius 2 is 2.00 bits per heavy atom. The van der Waals surface area contributed by atoms with Gasteiger partial charge in [0, 0.05) is 6.04 Å². The summed E-state index contributed by atoms with van der Waals surface area (Å²) < 4.78 is 0. The van der Waals surface area contributed by atoms with E-state index >= 15 is 0 Å². The summed E-state index contributed by atoms with van der Waals surface area (Å²) in [6, 6.07) is 10.4. The average molecular weight is 175 g/mol. The molecule has 0 saturated heterocycles. The van der Waals surface area contributed by atoms with Crippen LogP contribution in [0.1, 0.15) is 30.9 Å². The fourth-order valence-corrected chi connectivity index (χ4v) is 1.35. The number of hydrogen-bond donors (Lipinski definition) is 1. The van der Waals surface area contributed by atoms with E-state index in [0.29, 0.717) is 0 Å². The summed E-state index contributed by atoms with van der Waals surface area (Å²) in [6.45, 7) is 3.69. The van der Waals surface area contributed by atoms with Crippen molar-refractivity contribution in [3.05, 3.63) is 48.6 Å². The number of rotatable bonds is 5. The number of benzene rings is 1. The second-order valence-electron chi connectivity index (χ2n) is 3.24. The van der Waals surface area contributed by atoms with Crippen LogP contribution in [0.25, 0.3) is 0 Å². The molecule has 0 amide bonds. The molecule has 1 rings (SSSR count). The smallest absolute Gasteiger partial charge is 0.0294 e. The summed E-state index contributed by atoms with van der Waals surface area (Å²) in [5.74, 6) is 0. The quantitative estimate of drug-likeness (QED) is 0.540. The molecule has 13 heavy (non-hydrogen) atoms. The summed E-state index contributed by atoms with van der Waals surface area (Å²) in [4.78, 5) is 0. The van der Waals surface area contributed by atoms with E-state index in [9.17, 15) is 0 Å². The predicted molar refractivity (Wildman–Crippen MR) is 57.4 cm³/mol. The zero-order valence-corrected chi connectivity index (χ0v) is 7.95. The molecule has 0 spiro atoms. The third-order valence-corrected chi connectivity index (χ3v) is 2.15. The van der Waals surface area contributed by atoms with E-state index in [1.165, 1.54) is 5.56 Å². The van der Waals surface area contributed by atoms with Crippen LogP contribution in [0.2, 0.25) is 0 Å². The van der Waals surface area contributed by atoms with Gasteiger partial charge in [-0.3, -0.25) is 0 Å². The molecule has 2 N–H and O–H groups in total. The molecule has 0 aliphatic carbocycles. The lowest BCUT2D eigenvalue weighted by Crippen LogP contribution is -2.09. The minimum Gasteiger partial charge on any atom is -0.324 e. The Kier molecular flexibility index (Phi) is 4.27. The van der Waals surface area contributed by atoms with Crippen LogP contribution in [0, 0.1) is 0 Å². The third kappa shape index (κ3) is 3.43. The van der Waals surface area contributed by atoms with Crippen LogP contribution in [0.3, 0.4) is 0 Å². The molecule has 0 radical (unpaired) electrons. The largest absolute Gasteiger partial charge is 0.324 e. The van der Waals surface area contributed by atoms with Gasteiger partial charge in [-0.2, -0.15) is 0 Å². The minimum atomic E-state index is 0.182. The molecule has 1 aromatic carbocycles. The lowest BCUT2D eigenvalue weighted by atomic mass is 10.0. The summed E-state index contributed by atoms with van der Waals surface area (Å²) >= 11 is 0. The second kappa shape index (κ2) is 5.55. The fourth-order valence-electron chi connectivity index (χ4n) is 1.35. The molecule has 0 heterocycles. The van der Waals surface area contributed by atoms with E-state index in [-0.39, 0.29) is 6.04 Å². The highest BCUT2D eigenvalue weighted by atomic mass is 14.6. The zero-order valence-electron chi connectivity index (χ0n) is 7.95. The molecular weight excluding hydrogens is 158 g/mol. The molecule has 0 aliphatic heterocycles. The number of unbranched alkanes of at least 4 members (excludes halogenated alkanes) is 1. The van der Waals surface area contributed by atoms with E-state index < -0.39 is 0 Å². The maximum absolute atomic E-state index is 6.00. The highest BCUT2D eigenvalue weighted by Crippen LogP contribution is 2.15. The van der Waals surface area contributed by atoms with Gasteiger partial charge in [0.25, 0.3) is 0 Å². The van der Waals surface area contributed by atoms with E-state index in [0.717, 1.165) is 19.3 Å². The van der Waals surface area contributed by atoms with Gasteiger partial charge in [-0.05, 0) is 24.8 Å². The molecule has 70 valence electrons. The molecule has 1 nitrogen and oxygen atoms in total. The molecule has 0 bridgehead atoms. The lowest BCUT2D eigenvalue weighted by molar-refractivity contribution is 0.617. The van der Waals surface area contributed by atoms with E-state index in [4.69, 9.17) is 5.73 Å². The number of nitrogens with two attached hydrogens (primary N) is 1. The first-order valence-electron chi connectivity index (χ1n) is 4.76. The minimum absolute atomic E-state index is 0.182. The van der Waals surface area contributed by atoms with Crippen molar-refractivity contribution in [2.24, 2.45) is 5.73 Å². The van der Waals surface area contributed by atoms with Crippen LogP contribution in [0.4, 0.5) is 0 Å². The van der Waals surface area contributed by atoms with Gasteiger partial charge in [0.2, 0.25) is 0 Å². The van der Waals surface area contributed by atoms with Crippen molar-refractivity contribution in [1.82, 2.24) is 0 Å². The summed E-state index contributed by atoms with van der Waals surface area (Å²) in [7, 11) is 0. The average Bonchev–Trinajstić information content (AvgIpc) is 2.19. The van der Waals surface area contributed by atoms with Crippen molar-refractivity contribution in [3.63, 3.8) is 0 Å². The molecule has 0 fully saturated rings. The van der Waals surface area contributed by atoms with Gasteiger partial charge < -0.3 is 5.73 Å². The first kappa shape index (κ1) is 10.0. The van der Waals surface area contributed by atoms with E-state index in [1.807, 2.05) is 24.3 Å². The van der Waals surface area contributed by atoms with Crippen LogP contribution >= 0.6 is 0 Å². The summed E-state index contributed by atoms with van der Waals surface area (Å²) in [5, 5.41) is 0. The van der Waals surface area contributed by atoms with Gasteiger partial charge in [-0.15, -0.1) is 6.58 Å². The van der Waals surface area contributed by atoms with Crippen molar-refractivity contribution in [3.8, 4) is 0 Å². The predicted octanol–water partition coefficient (Wildman–Crippen LogP) is 3.04. The molecule has 0 aromatic heterocycles. The SMILES string of the molecule is C=CCCC[C@H](N)c1ccccc1. The molecule has 1 heteroatoms. The molecular formula is C12H17N. The molecule has 1 aromatic rings. The van der Waals surface area contributed by atoms with Crippen LogP contribution in [0.15, 0.2) is 43.0 Å². The van der Waals surface area contributed by atoms with Crippen LogP contribution < -0.4 is 5.73 Å². The number of hydrogen-bond acceptors (Lipinski definition) is 1. The van der Waals surface area contributed by atoms with Crippen molar-refractivity contribution >= 4 is 0 Å². The van der Waals surface area contributed by atoms with Crippen molar-refractivity contribution in [1.29, 1.82) is 0 Å². The monoisotopic (exact) mass is 175 g/mol. The standard InChI is InChI=1S/C12H17N/c1-2-3-5-10-12(13)11-8-6-4-7-9-11/h2,4,6-9,12H,1,3,5,10,13H2/t12-/m0/s1. The molecule has 1 atom stereocenters. The Morgan fingerprint density at radius 3 is 2.62 bits per heavy atom.